The zero-order valence-corrected chi connectivity index (χ0v) is 7.97. The molecule has 64 valence electrons. The van der Waals surface area contributed by atoms with Crippen molar-refractivity contribution in [3.8, 4) is 0 Å². The van der Waals surface area contributed by atoms with E-state index >= 15 is 0 Å². The zero-order valence-electron chi connectivity index (χ0n) is 6.39. The first-order valence-corrected chi connectivity index (χ1v) is 4.17. The Morgan fingerprint density at radius 3 is 2.55 bits per heavy atom. The third-order valence-electron chi connectivity index (χ3n) is 1.05. The molecule has 0 bridgehead atoms. The van der Waals surface area contributed by atoms with Crippen molar-refractivity contribution in [3.63, 3.8) is 0 Å². The topological polar surface area (TPSA) is 55.4 Å². The molecule has 0 aliphatic heterocycles. The Bertz CT molecular complexity index is 160. The number of methoxy groups -OCH3 is 1. The summed E-state index contributed by atoms with van der Waals surface area (Å²) in [4.78, 5) is 21.4. The van der Waals surface area contributed by atoms with Gasteiger partial charge in [0.1, 0.15) is 6.04 Å². The molecule has 1 atom stereocenters. The fraction of sp³-hybridized carbons (Fsp3) is 0.667. The van der Waals surface area contributed by atoms with Gasteiger partial charge in [-0.3, -0.25) is 4.79 Å². The highest BCUT2D eigenvalue weighted by Crippen LogP contribution is 1.87. The van der Waals surface area contributed by atoms with E-state index in [1.54, 1.807) is 6.92 Å². The molecule has 0 heterocycles. The van der Waals surface area contributed by atoms with Crippen LogP contribution in [0.2, 0.25) is 0 Å². The number of esters is 1. The van der Waals surface area contributed by atoms with Crippen LogP contribution < -0.4 is 5.32 Å². The summed E-state index contributed by atoms with van der Waals surface area (Å²) in [5.74, 6) is -0.679. The molecule has 0 unspecified atom stereocenters. The van der Waals surface area contributed by atoms with E-state index in [0.29, 0.717) is 0 Å². The second-order valence-electron chi connectivity index (χ2n) is 1.95. The summed E-state index contributed by atoms with van der Waals surface area (Å²) in [5, 5.41) is 2.61. The molecule has 0 saturated carbocycles. The van der Waals surface area contributed by atoms with Crippen molar-refractivity contribution in [1.82, 2.24) is 5.32 Å². The minimum atomic E-state index is -0.579. The van der Waals surface area contributed by atoms with Gasteiger partial charge in [0.15, 0.2) is 0 Å². The first-order valence-electron chi connectivity index (χ1n) is 3.05. The van der Waals surface area contributed by atoms with Gasteiger partial charge in [-0.25, -0.2) is 4.79 Å². The molecule has 0 aliphatic rings. The molecule has 0 aromatic carbocycles. The van der Waals surface area contributed by atoms with Crippen LogP contribution in [0.1, 0.15) is 6.92 Å². The van der Waals surface area contributed by atoms with Crippen molar-refractivity contribution in [2.45, 2.75) is 13.0 Å². The Labute approximate surface area is 73.4 Å². The first-order chi connectivity index (χ1) is 5.11. The van der Waals surface area contributed by atoms with Crippen LogP contribution in [0.4, 0.5) is 0 Å². The second-order valence-corrected chi connectivity index (χ2v) is 2.51. The molecule has 4 nitrogen and oxygen atoms in total. The van der Waals surface area contributed by atoms with Gasteiger partial charge in [0.25, 0.3) is 0 Å². The largest absolute Gasteiger partial charge is 0.467 e. The Balaban J connectivity index is 3.77. The van der Waals surface area contributed by atoms with Gasteiger partial charge in [-0.15, -0.1) is 0 Å². The molecule has 0 aromatic rings. The average Bonchev–Trinajstić information content (AvgIpc) is 2.02. The maximum atomic E-state index is 10.7. The predicted molar refractivity (Wildman–Crippen MR) is 43.4 cm³/mol. The van der Waals surface area contributed by atoms with Crippen LogP contribution >= 0.6 is 15.9 Å². The highest BCUT2D eigenvalue weighted by atomic mass is 79.9. The normalized spacial score (nSPS) is 11.9. The summed E-state index contributed by atoms with van der Waals surface area (Å²) in [6.07, 6.45) is 0. The van der Waals surface area contributed by atoms with Crippen LogP contribution in [0, 0.1) is 0 Å². The molecule has 0 aliphatic carbocycles. The van der Waals surface area contributed by atoms with Crippen LogP contribution in [0.3, 0.4) is 0 Å². The summed E-state index contributed by atoms with van der Waals surface area (Å²) in [5.41, 5.74) is 0. The van der Waals surface area contributed by atoms with E-state index in [1.807, 2.05) is 0 Å². The number of nitrogens with one attached hydrogen (secondary N) is 1. The summed E-state index contributed by atoms with van der Waals surface area (Å²) in [6.45, 7) is 1.56. The van der Waals surface area contributed by atoms with Crippen LogP contribution in [-0.2, 0) is 14.3 Å². The van der Waals surface area contributed by atoms with E-state index in [2.05, 4.69) is 26.0 Å². The van der Waals surface area contributed by atoms with Crippen molar-refractivity contribution in [2.24, 2.45) is 0 Å². The average molecular weight is 224 g/mol. The molecule has 0 spiro atoms. The third-order valence-corrected chi connectivity index (χ3v) is 1.56. The number of halogens is 1. The molecule has 1 amide bonds. The van der Waals surface area contributed by atoms with E-state index in [0.717, 1.165) is 0 Å². The number of rotatable bonds is 3. The van der Waals surface area contributed by atoms with E-state index in [1.165, 1.54) is 7.11 Å². The smallest absolute Gasteiger partial charge is 0.328 e. The van der Waals surface area contributed by atoms with Gasteiger partial charge < -0.3 is 10.1 Å². The molecule has 0 radical (unpaired) electrons. The lowest BCUT2D eigenvalue weighted by atomic mass is 10.3. The molecule has 5 heteroatoms. The summed E-state index contributed by atoms with van der Waals surface area (Å²) in [6, 6.07) is -0.579. The summed E-state index contributed by atoms with van der Waals surface area (Å²) < 4.78 is 4.39. The predicted octanol–water partition coefficient (Wildman–Crippen LogP) is 0.0590. The zero-order chi connectivity index (χ0) is 8.85. The van der Waals surface area contributed by atoms with Crippen molar-refractivity contribution in [3.05, 3.63) is 0 Å². The molecular formula is C6H10BrNO3. The maximum Gasteiger partial charge on any atom is 0.328 e. The molecule has 11 heavy (non-hydrogen) atoms. The lowest BCUT2D eigenvalue weighted by Gasteiger charge is -2.09. The van der Waals surface area contributed by atoms with Crippen molar-refractivity contribution < 1.29 is 14.3 Å². The lowest BCUT2D eigenvalue weighted by Crippen LogP contribution is -2.39. The number of ether oxygens (including phenoxy) is 1. The van der Waals surface area contributed by atoms with Crippen LogP contribution in [0.15, 0.2) is 0 Å². The molecule has 0 aromatic heterocycles. The first kappa shape index (κ1) is 10.4. The van der Waals surface area contributed by atoms with E-state index in [9.17, 15) is 9.59 Å². The van der Waals surface area contributed by atoms with Gasteiger partial charge in [-0.1, -0.05) is 15.9 Å². The van der Waals surface area contributed by atoms with Crippen LogP contribution in [0.25, 0.3) is 0 Å². The monoisotopic (exact) mass is 223 g/mol. The van der Waals surface area contributed by atoms with Gasteiger partial charge in [-0.2, -0.15) is 0 Å². The fourth-order valence-corrected chi connectivity index (χ4v) is 0.678. The van der Waals surface area contributed by atoms with E-state index in [4.69, 9.17) is 0 Å². The lowest BCUT2D eigenvalue weighted by molar-refractivity contribution is -0.144. The van der Waals surface area contributed by atoms with Gasteiger partial charge >= 0.3 is 5.97 Å². The minimum absolute atomic E-state index is 0.189. The number of amides is 1. The van der Waals surface area contributed by atoms with Crippen molar-refractivity contribution >= 4 is 27.8 Å². The standard InChI is InChI=1S/C6H10BrNO3/c1-4(6(10)11-2)8-5(9)3-7/h4H,3H2,1-2H3,(H,8,9)/t4-/m1/s1. The number of carbonyl (C=O) groups is 2. The number of hydrogen-bond donors (Lipinski definition) is 1. The van der Waals surface area contributed by atoms with Crippen molar-refractivity contribution in [1.29, 1.82) is 0 Å². The van der Waals surface area contributed by atoms with Crippen LogP contribution in [-0.4, -0.2) is 30.4 Å². The third kappa shape index (κ3) is 3.98. The Kier molecular flexibility index (Phi) is 4.85. The van der Waals surface area contributed by atoms with Gasteiger partial charge in [-0.05, 0) is 6.92 Å². The number of carbonyl (C=O) groups excluding carboxylic acids is 2. The minimum Gasteiger partial charge on any atom is -0.467 e. The van der Waals surface area contributed by atoms with Gasteiger partial charge in [0.05, 0.1) is 12.4 Å². The van der Waals surface area contributed by atoms with E-state index < -0.39 is 12.0 Å². The van der Waals surface area contributed by atoms with Crippen molar-refractivity contribution in [2.75, 3.05) is 12.4 Å². The number of alkyl halides is 1. The highest BCUT2D eigenvalue weighted by molar-refractivity contribution is 9.09. The summed E-state index contributed by atoms with van der Waals surface area (Å²) in [7, 11) is 1.28. The maximum absolute atomic E-state index is 10.7. The molecule has 0 rings (SSSR count). The second kappa shape index (κ2) is 5.12. The molecule has 0 fully saturated rings. The summed E-state index contributed by atoms with van der Waals surface area (Å²) >= 11 is 2.95. The molecule has 1 N–H and O–H groups in total. The Hall–Kier alpha value is -0.580. The van der Waals surface area contributed by atoms with E-state index in [-0.39, 0.29) is 11.2 Å². The highest BCUT2D eigenvalue weighted by Gasteiger charge is 2.14. The molecular weight excluding hydrogens is 214 g/mol. The van der Waals surface area contributed by atoms with Gasteiger partial charge in [0, 0.05) is 0 Å². The quantitative estimate of drug-likeness (QED) is 0.544. The van der Waals surface area contributed by atoms with Gasteiger partial charge in [0.2, 0.25) is 5.91 Å². The van der Waals surface area contributed by atoms with Crippen LogP contribution in [0.5, 0.6) is 0 Å². The SMILES string of the molecule is COC(=O)[C@@H](C)NC(=O)CBr. The molecule has 0 saturated heterocycles. The Morgan fingerprint density at radius 1 is 1.64 bits per heavy atom. The fourth-order valence-electron chi connectivity index (χ4n) is 0.516. The Morgan fingerprint density at radius 2 is 2.18 bits per heavy atom. The number of hydrogen-bond acceptors (Lipinski definition) is 3.